The highest BCUT2D eigenvalue weighted by atomic mass is 32.1. The number of hydrogen-bond donors (Lipinski definition) is 1. The van der Waals surface area contributed by atoms with Crippen molar-refractivity contribution in [3.05, 3.63) is 64.0 Å². The summed E-state index contributed by atoms with van der Waals surface area (Å²) in [5.41, 5.74) is 2.50. The smallest absolute Gasteiger partial charge is 0.229 e. The molecule has 0 saturated heterocycles. The van der Waals surface area contributed by atoms with Gasteiger partial charge in [0, 0.05) is 4.88 Å². The van der Waals surface area contributed by atoms with Crippen LogP contribution in [0.2, 0.25) is 0 Å². The number of hydrogen-bond acceptors (Lipinski definition) is 3. The first-order chi connectivity index (χ1) is 11.1. The van der Waals surface area contributed by atoms with E-state index in [4.69, 9.17) is 0 Å². The minimum atomic E-state index is -0.0981. The second-order valence-corrected chi connectivity index (χ2v) is 6.69. The first-order valence-electron chi connectivity index (χ1n) is 7.36. The number of nitriles is 1. The second kappa shape index (κ2) is 6.23. The standard InChI is InChI=1S/C19H16N2OS/c1-12-13(2)23-19(17(12)11-20)21-18(22)10-15-8-5-7-14-6-3-4-9-16(14)15/h3-9H,10H2,1-2H3,(H,21,22). The summed E-state index contributed by atoms with van der Waals surface area (Å²) >= 11 is 1.45. The summed E-state index contributed by atoms with van der Waals surface area (Å²) in [4.78, 5) is 13.5. The Morgan fingerprint density at radius 2 is 1.91 bits per heavy atom. The van der Waals surface area contributed by atoms with Gasteiger partial charge in [-0.05, 0) is 35.7 Å². The molecule has 0 aliphatic heterocycles. The van der Waals surface area contributed by atoms with Gasteiger partial charge in [-0.3, -0.25) is 4.79 Å². The Hall–Kier alpha value is -2.64. The van der Waals surface area contributed by atoms with Gasteiger partial charge in [-0.25, -0.2) is 0 Å². The third-order valence-electron chi connectivity index (χ3n) is 3.98. The molecule has 1 N–H and O–H groups in total. The van der Waals surface area contributed by atoms with Gasteiger partial charge in [0.25, 0.3) is 0 Å². The van der Waals surface area contributed by atoms with Crippen molar-refractivity contribution in [3.63, 3.8) is 0 Å². The third-order valence-corrected chi connectivity index (χ3v) is 5.10. The minimum Gasteiger partial charge on any atom is -0.316 e. The number of nitrogens with zero attached hydrogens (tertiary/aromatic N) is 1. The zero-order valence-electron chi connectivity index (χ0n) is 13.0. The second-order valence-electron chi connectivity index (χ2n) is 5.46. The lowest BCUT2D eigenvalue weighted by molar-refractivity contribution is -0.115. The summed E-state index contributed by atoms with van der Waals surface area (Å²) in [5.74, 6) is -0.0981. The molecular weight excluding hydrogens is 304 g/mol. The van der Waals surface area contributed by atoms with E-state index in [2.05, 4.69) is 11.4 Å². The van der Waals surface area contributed by atoms with Crippen LogP contribution < -0.4 is 5.32 Å². The fraction of sp³-hybridized carbons (Fsp3) is 0.158. The van der Waals surface area contributed by atoms with Crippen LogP contribution in [0.1, 0.15) is 21.6 Å². The first kappa shape index (κ1) is 15.3. The van der Waals surface area contributed by atoms with Crippen molar-refractivity contribution in [1.82, 2.24) is 0 Å². The molecule has 0 unspecified atom stereocenters. The van der Waals surface area contributed by atoms with Crippen LogP contribution in [0.4, 0.5) is 5.00 Å². The summed E-state index contributed by atoms with van der Waals surface area (Å²) in [7, 11) is 0. The number of fused-ring (bicyclic) bond motifs is 1. The van der Waals surface area contributed by atoms with Gasteiger partial charge in [0.1, 0.15) is 11.1 Å². The van der Waals surface area contributed by atoms with E-state index in [0.717, 1.165) is 26.8 Å². The van der Waals surface area contributed by atoms with Gasteiger partial charge in [-0.1, -0.05) is 42.5 Å². The van der Waals surface area contributed by atoms with Crippen LogP contribution in [0.25, 0.3) is 10.8 Å². The minimum absolute atomic E-state index is 0.0981. The van der Waals surface area contributed by atoms with Crippen molar-refractivity contribution in [2.75, 3.05) is 5.32 Å². The topological polar surface area (TPSA) is 52.9 Å². The Bertz CT molecular complexity index is 929. The fourth-order valence-electron chi connectivity index (χ4n) is 2.64. The summed E-state index contributed by atoms with van der Waals surface area (Å²) in [6.45, 7) is 3.87. The number of amides is 1. The lowest BCUT2D eigenvalue weighted by atomic mass is 10.0. The Morgan fingerprint density at radius 1 is 1.17 bits per heavy atom. The maximum absolute atomic E-state index is 12.4. The highest BCUT2D eigenvalue weighted by molar-refractivity contribution is 7.16. The molecule has 0 aliphatic rings. The van der Waals surface area contributed by atoms with Crippen molar-refractivity contribution < 1.29 is 4.79 Å². The molecule has 1 aromatic heterocycles. The number of aryl methyl sites for hydroxylation is 1. The number of benzene rings is 2. The van der Waals surface area contributed by atoms with E-state index >= 15 is 0 Å². The Balaban J connectivity index is 1.85. The van der Waals surface area contributed by atoms with Crippen LogP contribution in [-0.2, 0) is 11.2 Å². The van der Waals surface area contributed by atoms with E-state index in [9.17, 15) is 10.1 Å². The molecule has 0 spiro atoms. The predicted molar refractivity (Wildman–Crippen MR) is 94.8 cm³/mol. The van der Waals surface area contributed by atoms with E-state index in [1.807, 2.05) is 56.3 Å². The van der Waals surface area contributed by atoms with Gasteiger partial charge >= 0.3 is 0 Å². The maximum Gasteiger partial charge on any atom is 0.229 e. The Morgan fingerprint density at radius 3 is 2.70 bits per heavy atom. The molecular formula is C19H16N2OS. The average Bonchev–Trinajstić information content (AvgIpc) is 2.81. The summed E-state index contributed by atoms with van der Waals surface area (Å²) in [6.07, 6.45) is 0.294. The van der Waals surface area contributed by atoms with Crippen molar-refractivity contribution in [2.45, 2.75) is 20.3 Å². The number of nitrogens with one attached hydrogen (secondary N) is 1. The summed E-state index contributed by atoms with van der Waals surface area (Å²) in [6, 6.07) is 16.2. The Labute approximate surface area is 139 Å². The van der Waals surface area contributed by atoms with Gasteiger partial charge in [0.15, 0.2) is 0 Å². The molecule has 0 aliphatic carbocycles. The SMILES string of the molecule is Cc1sc(NC(=O)Cc2cccc3ccccc23)c(C#N)c1C. The largest absolute Gasteiger partial charge is 0.316 e. The molecule has 0 fully saturated rings. The molecule has 2 aromatic carbocycles. The zero-order valence-corrected chi connectivity index (χ0v) is 13.8. The molecule has 1 amide bonds. The summed E-state index contributed by atoms with van der Waals surface area (Å²) < 4.78 is 0. The van der Waals surface area contributed by atoms with Crippen molar-refractivity contribution in [2.24, 2.45) is 0 Å². The van der Waals surface area contributed by atoms with Crippen molar-refractivity contribution in [3.8, 4) is 6.07 Å². The van der Waals surface area contributed by atoms with Crippen LogP contribution in [0.3, 0.4) is 0 Å². The molecule has 3 rings (SSSR count). The van der Waals surface area contributed by atoms with Crippen LogP contribution in [-0.4, -0.2) is 5.91 Å². The van der Waals surface area contributed by atoms with Gasteiger partial charge < -0.3 is 5.32 Å². The van der Waals surface area contributed by atoms with Gasteiger partial charge in [-0.2, -0.15) is 5.26 Å². The normalized spacial score (nSPS) is 10.5. The van der Waals surface area contributed by atoms with Crippen LogP contribution >= 0.6 is 11.3 Å². The molecule has 3 nitrogen and oxygen atoms in total. The molecule has 0 bridgehead atoms. The molecule has 0 radical (unpaired) electrons. The van der Waals surface area contributed by atoms with Gasteiger partial charge in [-0.15, -0.1) is 11.3 Å². The number of carbonyl (C=O) groups is 1. The molecule has 23 heavy (non-hydrogen) atoms. The fourth-order valence-corrected chi connectivity index (χ4v) is 3.67. The van der Waals surface area contributed by atoms with Crippen LogP contribution in [0, 0.1) is 25.2 Å². The monoisotopic (exact) mass is 320 g/mol. The highest BCUT2D eigenvalue weighted by Crippen LogP contribution is 2.31. The quantitative estimate of drug-likeness (QED) is 0.768. The number of rotatable bonds is 3. The zero-order chi connectivity index (χ0) is 16.4. The highest BCUT2D eigenvalue weighted by Gasteiger charge is 2.15. The number of anilines is 1. The van der Waals surface area contributed by atoms with Crippen molar-refractivity contribution in [1.29, 1.82) is 5.26 Å². The van der Waals surface area contributed by atoms with E-state index < -0.39 is 0 Å². The number of thiophene rings is 1. The lowest BCUT2D eigenvalue weighted by Crippen LogP contribution is -2.14. The molecule has 1 heterocycles. The Kier molecular flexibility index (Phi) is 4.14. The van der Waals surface area contributed by atoms with Crippen molar-refractivity contribution >= 4 is 33.0 Å². The average molecular weight is 320 g/mol. The molecule has 4 heteroatoms. The predicted octanol–water partition coefficient (Wildman–Crippen LogP) is 4.57. The molecule has 0 saturated carbocycles. The molecule has 0 atom stereocenters. The van der Waals surface area contributed by atoms with Crippen LogP contribution in [0.15, 0.2) is 42.5 Å². The summed E-state index contributed by atoms with van der Waals surface area (Å²) in [5, 5.41) is 15.0. The van der Waals surface area contributed by atoms with E-state index in [1.165, 1.54) is 11.3 Å². The van der Waals surface area contributed by atoms with Crippen LogP contribution in [0.5, 0.6) is 0 Å². The lowest BCUT2D eigenvalue weighted by Gasteiger charge is -2.07. The maximum atomic E-state index is 12.4. The first-order valence-corrected chi connectivity index (χ1v) is 8.18. The molecule has 114 valence electrons. The van der Waals surface area contributed by atoms with Gasteiger partial charge in [0.05, 0.1) is 12.0 Å². The third kappa shape index (κ3) is 2.96. The molecule has 3 aromatic rings. The van der Waals surface area contributed by atoms with E-state index in [1.54, 1.807) is 0 Å². The van der Waals surface area contributed by atoms with E-state index in [-0.39, 0.29) is 5.91 Å². The number of carbonyl (C=O) groups excluding carboxylic acids is 1. The van der Waals surface area contributed by atoms with Gasteiger partial charge in [0.2, 0.25) is 5.91 Å². The van der Waals surface area contributed by atoms with E-state index in [0.29, 0.717) is 17.0 Å².